The van der Waals surface area contributed by atoms with Crippen LogP contribution in [-0.2, 0) is 4.79 Å². The van der Waals surface area contributed by atoms with Crippen LogP contribution in [0.3, 0.4) is 0 Å². The van der Waals surface area contributed by atoms with Gasteiger partial charge in [-0.2, -0.15) is 0 Å². The molecular weight excluding hydrogens is 218 g/mol. The van der Waals surface area contributed by atoms with Crippen molar-refractivity contribution in [2.24, 2.45) is 0 Å². The van der Waals surface area contributed by atoms with Crippen LogP contribution >= 0.6 is 0 Å². The zero-order valence-corrected chi connectivity index (χ0v) is 9.40. The predicted octanol–water partition coefficient (Wildman–Crippen LogP) is 1.21. The number of piperidine rings is 1. The molecule has 0 unspecified atom stereocenters. The smallest absolute Gasteiger partial charge is 0.298 e. The molecule has 1 saturated heterocycles. The average molecular weight is 231 g/mol. The highest BCUT2D eigenvalue weighted by atomic mass is 16.2. The van der Waals surface area contributed by atoms with Crippen LogP contribution in [0.2, 0.25) is 0 Å². The van der Waals surface area contributed by atoms with Crippen LogP contribution in [0.5, 0.6) is 0 Å². The molecule has 0 radical (unpaired) electrons. The number of Topliss-reactive ketones (excluding diaryl/α,β-unsaturated/α-hetero) is 1. The number of hydrogen-bond acceptors (Lipinski definition) is 4. The lowest BCUT2D eigenvalue weighted by atomic mass is 10.1. The van der Waals surface area contributed by atoms with Crippen LogP contribution < -0.4 is 10.2 Å². The molecule has 1 aromatic rings. The van der Waals surface area contributed by atoms with E-state index in [1.807, 2.05) is 6.07 Å². The van der Waals surface area contributed by atoms with E-state index in [4.69, 9.17) is 0 Å². The molecule has 0 saturated carbocycles. The monoisotopic (exact) mass is 231 g/mol. The number of ketones is 1. The van der Waals surface area contributed by atoms with E-state index in [-0.39, 0.29) is 0 Å². The highest BCUT2D eigenvalue weighted by Gasteiger charge is 2.33. The summed E-state index contributed by atoms with van der Waals surface area (Å²) in [5, 5.41) is 2.50. The minimum atomic E-state index is -0.572. The Bertz CT molecular complexity index is 493. The fraction of sp³-hybridized carbons (Fsp3) is 0.417. The first kappa shape index (κ1) is 10.3. The first-order valence-electron chi connectivity index (χ1n) is 5.87. The molecule has 2 aliphatic heterocycles. The Hall–Kier alpha value is -1.91. The van der Waals surface area contributed by atoms with Crippen molar-refractivity contribution in [1.82, 2.24) is 4.98 Å². The molecule has 3 heterocycles. The molecule has 2 aliphatic rings. The Kier molecular flexibility index (Phi) is 2.31. The molecule has 1 N–H and O–H groups in total. The largest absolute Gasteiger partial charge is 0.371 e. The first-order chi connectivity index (χ1) is 8.27. The Balaban J connectivity index is 2.04. The molecule has 5 heteroatoms. The zero-order valence-electron chi connectivity index (χ0n) is 9.40. The normalized spacial score (nSPS) is 19.2. The quantitative estimate of drug-likeness (QED) is 0.738. The molecule has 5 nitrogen and oxygen atoms in total. The van der Waals surface area contributed by atoms with E-state index < -0.39 is 11.7 Å². The van der Waals surface area contributed by atoms with Crippen molar-refractivity contribution >= 4 is 23.2 Å². The maximum absolute atomic E-state index is 11.8. The summed E-state index contributed by atoms with van der Waals surface area (Å²) < 4.78 is 0. The Morgan fingerprint density at radius 3 is 2.71 bits per heavy atom. The number of fused-ring (bicyclic) bond motifs is 1. The van der Waals surface area contributed by atoms with Crippen LogP contribution in [0.15, 0.2) is 12.3 Å². The molecule has 3 rings (SSSR count). The summed E-state index contributed by atoms with van der Waals surface area (Å²) in [4.78, 5) is 29.3. The van der Waals surface area contributed by atoms with E-state index >= 15 is 0 Å². The summed E-state index contributed by atoms with van der Waals surface area (Å²) in [6, 6.07) is 1.82. The molecule has 88 valence electrons. The van der Waals surface area contributed by atoms with Gasteiger partial charge in [0, 0.05) is 19.3 Å². The van der Waals surface area contributed by atoms with Gasteiger partial charge in [0.15, 0.2) is 0 Å². The minimum absolute atomic E-state index is 0.406. The van der Waals surface area contributed by atoms with Crippen LogP contribution in [0.1, 0.15) is 29.6 Å². The fourth-order valence-electron chi connectivity index (χ4n) is 2.45. The summed E-state index contributed by atoms with van der Waals surface area (Å²) in [6.07, 6.45) is 5.13. The summed E-state index contributed by atoms with van der Waals surface area (Å²) >= 11 is 0. The second-order valence-electron chi connectivity index (χ2n) is 4.38. The van der Waals surface area contributed by atoms with Crippen molar-refractivity contribution in [3.8, 4) is 0 Å². The third-order valence-electron chi connectivity index (χ3n) is 3.29. The molecule has 1 amide bonds. The molecular formula is C12H13N3O2. The van der Waals surface area contributed by atoms with Crippen molar-refractivity contribution in [2.45, 2.75) is 19.3 Å². The van der Waals surface area contributed by atoms with Crippen LogP contribution in [-0.4, -0.2) is 29.8 Å². The number of amides is 1. The molecule has 0 aliphatic carbocycles. The van der Waals surface area contributed by atoms with Crippen molar-refractivity contribution in [3.63, 3.8) is 0 Å². The molecule has 0 spiro atoms. The number of pyridine rings is 1. The molecule has 0 bridgehead atoms. The lowest BCUT2D eigenvalue weighted by molar-refractivity contribution is -0.112. The summed E-state index contributed by atoms with van der Waals surface area (Å²) in [6.45, 7) is 1.88. The zero-order chi connectivity index (χ0) is 11.8. The number of carbonyl (C=O) groups is 2. The third kappa shape index (κ3) is 1.58. The van der Waals surface area contributed by atoms with E-state index in [0.717, 1.165) is 31.6 Å². The Morgan fingerprint density at radius 1 is 1.18 bits per heavy atom. The molecule has 0 aromatic carbocycles. The lowest BCUT2D eigenvalue weighted by Crippen LogP contribution is -2.30. The van der Waals surface area contributed by atoms with E-state index in [2.05, 4.69) is 15.2 Å². The number of nitrogens with one attached hydrogen (secondary N) is 1. The topological polar surface area (TPSA) is 62.3 Å². The third-order valence-corrected chi connectivity index (χ3v) is 3.29. The summed E-state index contributed by atoms with van der Waals surface area (Å²) in [7, 11) is 0. The van der Waals surface area contributed by atoms with Crippen LogP contribution in [0.25, 0.3) is 0 Å². The molecule has 1 fully saturated rings. The Labute approximate surface area is 98.8 Å². The van der Waals surface area contributed by atoms with Crippen LogP contribution in [0, 0.1) is 0 Å². The van der Waals surface area contributed by atoms with Crippen LogP contribution in [0.4, 0.5) is 11.5 Å². The van der Waals surface area contributed by atoms with Gasteiger partial charge in [-0.05, 0) is 25.3 Å². The second-order valence-corrected chi connectivity index (χ2v) is 4.38. The van der Waals surface area contributed by atoms with E-state index in [9.17, 15) is 9.59 Å². The van der Waals surface area contributed by atoms with Gasteiger partial charge in [-0.15, -0.1) is 0 Å². The van der Waals surface area contributed by atoms with Crippen molar-refractivity contribution in [2.75, 3.05) is 23.3 Å². The SMILES string of the molecule is O=C1Nc2nccc(N3CCCCC3)c2C1=O. The van der Waals surface area contributed by atoms with Gasteiger partial charge in [-0.1, -0.05) is 0 Å². The maximum Gasteiger partial charge on any atom is 0.298 e. The van der Waals surface area contributed by atoms with Gasteiger partial charge in [-0.25, -0.2) is 4.98 Å². The highest BCUT2D eigenvalue weighted by Crippen LogP contribution is 2.31. The van der Waals surface area contributed by atoms with E-state index in [0.29, 0.717) is 11.4 Å². The summed E-state index contributed by atoms with van der Waals surface area (Å²) in [5.74, 6) is -0.631. The van der Waals surface area contributed by atoms with Crippen molar-refractivity contribution < 1.29 is 9.59 Å². The van der Waals surface area contributed by atoms with Gasteiger partial charge in [0.25, 0.3) is 11.7 Å². The average Bonchev–Trinajstić information content (AvgIpc) is 2.66. The standard InChI is InChI=1S/C12H13N3O2/c16-10-9-8(15-6-2-1-3-7-15)4-5-13-11(9)14-12(10)17/h4-5H,1-3,6-7H2,(H,13,14,16,17). The lowest BCUT2D eigenvalue weighted by Gasteiger charge is -2.29. The first-order valence-corrected chi connectivity index (χ1v) is 5.87. The van der Waals surface area contributed by atoms with Crippen molar-refractivity contribution in [1.29, 1.82) is 0 Å². The van der Waals surface area contributed by atoms with Crippen molar-refractivity contribution in [3.05, 3.63) is 17.8 Å². The summed E-state index contributed by atoms with van der Waals surface area (Å²) in [5.41, 5.74) is 1.29. The van der Waals surface area contributed by atoms with Gasteiger partial charge >= 0.3 is 0 Å². The number of rotatable bonds is 1. The molecule has 1 aromatic heterocycles. The number of nitrogens with zero attached hydrogens (tertiary/aromatic N) is 2. The van der Waals surface area contributed by atoms with Gasteiger partial charge in [-0.3, -0.25) is 9.59 Å². The number of anilines is 2. The minimum Gasteiger partial charge on any atom is -0.371 e. The maximum atomic E-state index is 11.8. The van der Waals surface area contributed by atoms with Gasteiger partial charge in [0.05, 0.1) is 11.3 Å². The number of aromatic nitrogens is 1. The number of hydrogen-bond donors (Lipinski definition) is 1. The predicted molar refractivity (Wildman–Crippen MR) is 63.3 cm³/mol. The molecule has 0 atom stereocenters. The molecule has 17 heavy (non-hydrogen) atoms. The number of carbonyl (C=O) groups excluding carboxylic acids is 2. The van der Waals surface area contributed by atoms with E-state index in [1.165, 1.54) is 6.42 Å². The van der Waals surface area contributed by atoms with E-state index in [1.54, 1.807) is 6.20 Å². The second kappa shape index (κ2) is 3.84. The fourth-order valence-corrected chi connectivity index (χ4v) is 2.45. The van der Waals surface area contributed by atoms with Gasteiger partial charge in [0.1, 0.15) is 5.82 Å². The Morgan fingerprint density at radius 2 is 1.94 bits per heavy atom. The highest BCUT2D eigenvalue weighted by molar-refractivity contribution is 6.52. The van der Waals surface area contributed by atoms with Gasteiger partial charge < -0.3 is 10.2 Å². The van der Waals surface area contributed by atoms with Gasteiger partial charge in [0.2, 0.25) is 0 Å².